The fourth-order valence-electron chi connectivity index (χ4n) is 3.41. The molecule has 4 rings (SSSR count). The van der Waals surface area contributed by atoms with Gasteiger partial charge in [-0.2, -0.15) is 9.57 Å². The number of halogens is 1. The Bertz CT molecular complexity index is 1160. The Hall–Kier alpha value is -2.86. The first-order chi connectivity index (χ1) is 14.0. The van der Waals surface area contributed by atoms with Gasteiger partial charge in [0, 0.05) is 55.4 Å². The molecule has 2 aromatic heterocycles. The summed E-state index contributed by atoms with van der Waals surface area (Å²) in [6, 6.07) is 12.4. The minimum absolute atomic E-state index is 0.122. The molecule has 0 bridgehead atoms. The summed E-state index contributed by atoms with van der Waals surface area (Å²) in [5.41, 5.74) is 1.63. The van der Waals surface area contributed by atoms with E-state index in [2.05, 4.69) is 20.9 Å². The predicted molar refractivity (Wildman–Crippen MR) is 111 cm³/mol. The summed E-state index contributed by atoms with van der Waals surface area (Å²) in [5.74, 6) is 0.839. The monoisotopic (exact) mass is 427 g/mol. The normalized spacial score (nSPS) is 15.2. The molecule has 0 saturated carbocycles. The van der Waals surface area contributed by atoms with E-state index in [9.17, 15) is 13.7 Å². The van der Waals surface area contributed by atoms with Crippen LogP contribution in [0.25, 0.3) is 11.1 Å². The quantitative estimate of drug-likeness (QED) is 0.690. The van der Waals surface area contributed by atoms with E-state index < -0.39 is 10.0 Å². The van der Waals surface area contributed by atoms with Gasteiger partial charge in [0.2, 0.25) is 10.0 Å². The van der Waals surface area contributed by atoms with Gasteiger partial charge in [-0.1, -0.05) is 17.7 Å². The van der Waals surface area contributed by atoms with Crippen molar-refractivity contribution < 1.29 is 8.42 Å². The van der Waals surface area contributed by atoms with Crippen molar-refractivity contribution >= 4 is 27.4 Å². The third-order valence-corrected chi connectivity index (χ3v) is 6.99. The van der Waals surface area contributed by atoms with Crippen LogP contribution < -0.4 is 4.90 Å². The Balaban J connectivity index is 1.59. The first kappa shape index (κ1) is 19.5. The van der Waals surface area contributed by atoms with Crippen molar-refractivity contribution in [2.75, 3.05) is 31.1 Å². The fraction of sp³-hybridized carbons (Fsp3) is 0.200. The van der Waals surface area contributed by atoms with Crippen LogP contribution in [0.15, 0.2) is 59.9 Å². The third-order valence-electron chi connectivity index (χ3n) is 4.90. The van der Waals surface area contributed by atoms with Crippen molar-refractivity contribution in [2.24, 2.45) is 0 Å². The second-order valence-corrected chi connectivity index (χ2v) is 9.02. The molecule has 1 aliphatic rings. The molecule has 0 spiro atoms. The zero-order valence-electron chi connectivity index (χ0n) is 15.4. The van der Waals surface area contributed by atoms with Crippen molar-refractivity contribution in [1.82, 2.24) is 14.3 Å². The molecule has 1 aliphatic heterocycles. The van der Waals surface area contributed by atoms with E-state index in [1.54, 1.807) is 30.7 Å². The van der Waals surface area contributed by atoms with Gasteiger partial charge in [-0.05, 0) is 35.9 Å². The number of aromatic nitrogens is 2. The van der Waals surface area contributed by atoms with Crippen molar-refractivity contribution in [2.45, 2.75) is 4.90 Å². The van der Waals surface area contributed by atoms with Gasteiger partial charge in [-0.25, -0.2) is 13.4 Å². The number of benzene rings is 1. The molecule has 29 heavy (non-hydrogen) atoms. The number of rotatable bonds is 4. The molecule has 148 valence electrons. The number of nitriles is 1. The molecule has 1 fully saturated rings. The molecule has 0 radical (unpaired) electrons. The van der Waals surface area contributed by atoms with Gasteiger partial charge < -0.3 is 9.88 Å². The maximum Gasteiger partial charge on any atom is 0.243 e. The van der Waals surface area contributed by atoms with E-state index in [-0.39, 0.29) is 4.90 Å². The van der Waals surface area contributed by atoms with Crippen LogP contribution >= 0.6 is 11.6 Å². The number of anilines is 1. The van der Waals surface area contributed by atoms with E-state index in [0.29, 0.717) is 47.9 Å². The van der Waals surface area contributed by atoms with E-state index in [4.69, 9.17) is 11.6 Å². The first-order valence-corrected chi connectivity index (χ1v) is 10.8. The van der Waals surface area contributed by atoms with Crippen LogP contribution in [0.2, 0.25) is 5.02 Å². The molecule has 0 atom stereocenters. The Morgan fingerprint density at radius 2 is 1.90 bits per heavy atom. The van der Waals surface area contributed by atoms with Crippen LogP contribution in [-0.2, 0) is 10.0 Å². The number of hydrogen-bond acceptors (Lipinski definition) is 5. The average Bonchev–Trinajstić information content (AvgIpc) is 3.23. The number of nitrogens with zero attached hydrogens (tertiary/aromatic N) is 4. The van der Waals surface area contributed by atoms with Crippen molar-refractivity contribution in [1.29, 1.82) is 5.26 Å². The summed E-state index contributed by atoms with van der Waals surface area (Å²) < 4.78 is 27.9. The lowest BCUT2D eigenvalue weighted by atomic mass is 10.1. The highest BCUT2D eigenvalue weighted by Gasteiger charge is 2.29. The van der Waals surface area contributed by atoms with Crippen LogP contribution in [0.5, 0.6) is 0 Å². The average molecular weight is 428 g/mol. The van der Waals surface area contributed by atoms with Gasteiger partial charge in [0.05, 0.1) is 10.5 Å². The number of sulfonamides is 1. The first-order valence-electron chi connectivity index (χ1n) is 9.03. The molecule has 3 aromatic rings. The number of nitrogens with one attached hydrogen (secondary N) is 1. The molecule has 0 unspecified atom stereocenters. The highest BCUT2D eigenvalue weighted by atomic mass is 35.5. The van der Waals surface area contributed by atoms with Crippen LogP contribution in [0.3, 0.4) is 0 Å². The lowest BCUT2D eigenvalue weighted by Crippen LogP contribution is -2.48. The van der Waals surface area contributed by atoms with Crippen LogP contribution in [-0.4, -0.2) is 48.9 Å². The Labute approximate surface area is 174 Å². The summed E-state index contributed by atoms with van der Waals surface area (Å²) >= 11 is 6.22. The summed E-state index contributed by atoms with van der Waals surface area (Å²) in [5, 5.41) is 9.55. The van der Waals surface area contributed by atoms with Gasteiger partial charge >= 0.3 is 0 Å². The summed E-state index contributed by atoms with van der Waals surface area (Å²) in [6.07, 6.45) is 4.95. The molecule has 9 heteroatoms. The largest absolute Gasteiger partial charge is 0.366 e. The topological polar surface area (TPSA) is 93.1 Å². The van der Waals surface area contributed by atoms with Crippen LogP contribution in [0, 0.1) is 11.3 Å². The Kier molecular flexibility index (Phi) is 5.28. The summed E-state index contributed by atoms with van der Waals surface area (Å²) in [6.45, 7) is 1.82. The lowest BCUT2D eigenvalue weighted by Gasteiger charge is -2.34. The second kappa shape index (κ2) is 7.87. The van der Waals surface area contributed by atoms with Crippen molar-refractivity contribution in [3.8, 4) is 17.2 Å². The van der Waals surface area contributed by atoms with Gasteiger partial charge in [-0.15, -0.1) is 0 Å². The fourth-order valence-corrected chi connectivity index (χ4v) is 5.20. The highest BCUT2D eigenvalue weighted by molar-refractivity contribution is 7.89. The molecule has 3 heterocycles. The molecule has 1 N–H and O–H groups in total. The minimum Gasteiger partial charge on any atom is -0.366 e. The van der Waals surface area contributed by atoms with Gasteiger partial charge in [-0.3, -0.25) is 0 Å². The van der Waals surface area contributed by atoms with Gasteiger partial charge in [0.25, 0.3) is 0 Å². The maximum atomic E-state index is 13.2. The molecule has 0 amide bonds. The molecular formula is C20H18ClN5O2S. The number of hydrogen-bond donors (Lipinski definition) is 1. The van der Waals surface area contributed by atoms with E-state index in [1.807, 2.05) is 18.2 Å². The lowest BCUT2D eigenvalue weighted by molar-refractivity contribution is 0.384. The summed E-state index contributed by atoms with van der Waals surface area (Å²) in [4.78, 5) is 9.38. The van der Waals surface area contributed by atoms with Crippen LogP contribution in [0.4, 0.5) is 5.82 Å². The van der Waals surface area contributed by atoms with Crippen molar-refractivity contribution in [3.05, 3.63) is 65.6 Å². The van der Waals surface area contributed by atoms with E-state index >= 15 is 0 Å². The standard InChI is InChI=1S/C20H18ClN5O2S/c21-17-9-15(19-14-23-13-16(19)12-22)10-18(11-17)29(27,28)26-7-5-25(6-8-26)20-3-1-2-4-24-20/h1-4,9-11,13-14,23H,5-8H2. The SMILES string of the molecule is N#Cc1c[nH]cc1-c1cc(Cl)cc(S(=O)(=O)N2CCN(c3ccccn3)CC2)c1. The number of piperazine rings is 1. The molecule has 1 saturated heterocycles. The maximum absolute atomic E-state index is 13.2. The molecular weight excluding hydrogens is 410 g/mol. The third kappa shape index (κ3) is 3.85. The van der Waals surface area contributed by atoms with Crippen LogP contribution in [0.1, 0.15) is 5.56 Å². The number of pyridine rings is 1. The number of aromatic amines is 1. The second-order valence-electron chi connectivity index (χ2n) is 6.65. The van der Waals surface area contributed by atoms with E-state index in [1.165, 1.54) is 10.4 Å². The molecule has 1 aromatic carbocycles. The minimum atomic E-state index is -3.71. The van der Waals surface area contributed by atoms with Gasteiger partial charge in [0.15, 0.2) is 0 Å². The highest BCUT2D eigenvalue weighted by Crippen LogP contribution is 2.30. The Morgan fingerprint density at radius 3 is 2.59 bits per heavy atom. The van der Waals surface area contributed by atoms with E-state index in [0.717, 1.165) is 5.82 Å². The predicted octanol–water partition coefficient (Wildman–Crippen LogP) is 3.11. The number of H-pyrrole nitrogens is 1. The van der Waals surface area contributed by atoms with Crippen molar-refractivity contribution in [3.63, 3.8) is 0 Å². The molecule has 7 nitrogen and oxygen atoms in total. The van der Waals surface area contributed by atoms with Gasteiger partial charge in [0.1, 0.15) is 11.9 Å². The Morgan fingerprint density at radius 1 is 1.10 bits per heavy atom. The zero-order chi connectivity index (χ0) is 20.4. The molecule has 0 aliphatic carbocycles. The summed E-state index contributed by atoms with van der Waals surface area (Å²) in [7, 11) is -3.71. The zero-order valence-corrected chi connectivity index (χ0v) is 17.0. The smallest absolute Gasteiger partial charge is 0.243 e.